The number of benzene rings is 2. The Hall–Kier alpha value is -4.08. The Morgan fingerprint density at radius 3 is 2.27 bits per heavy atom. The molecule has 0 saturated carbocycles. The molecule has 4 rings (SSSR count). The lowest BCUT2D eigenvalue weighted by molar-refractivity contribution is 0.485. The van der Waals surface area contributed by atoms with Crippen molar-refractivity contribution in [1.82, 2.24) is 15.1 Å². The normalized spacial score (nSPS) is 20.4. The van der Waals surface area contributed by atoms with Crippen LogP contribution in [0.1, 0.15) is 18.9 Å². The number of hydrogen-bond donors (Lipinski definition) is 4. The Morgan fingerprint density at radius 2 is 1.55 bits per heavy atom. The highest BCUT2D eigenvalue weighted by Crippen LogP contribution is 2.14. The van der Waals surface area contributed by atoms with E-state index in [1.807, 2.05) is 67.4 Å². The highest BCUT2D eigenvalue weighted by atomic mass is 15.4. The number of hydrogen-bond acceptors (Lipinski definition) is 10. The van der Waals surface area contributed by atoms with Gasteiger partial charge in [-0.15, -0.1) is 0 Å². The fourth-order valence-corrected chi connectivity index (χ4v) is 3.54. The van der Waals surface area contributed by atoms with Gasteiger partial charge in [0, 0.05) is 32.2 Å². The first-order valence-electron chi connectivity index (χ1n) is 10.9. The van der Waals surface area contributed by atoms with Crippen LogP contribution >= 0.6 is 0 Å². The van der Waals surface area contributed by atoms with E-state index < -0.39 is 0 Å². The van der Waals surface area contributed by atoms with Gasteiger partial charge in [-0.1, -0.05) is 48.5 Å². The summed E-state index contributed by atoms with van der Waals surface area (Å²) >= 11 is 0. The maximum atomic E-state index is 6.26. The van der Waals surface area contributed by atoms with Crippen molar-refractivity contribution < 1.29 is 0 Å². The topological polar surface area (TPSA) is 132 Å². The van der Waals surface area contributed by atoms with Gasteiger partial charge in [-0.25, -0.2) is 20.0 Å². The van der Waals surface area contributed by atoms with Crippen molar-refractivity contribution in [3.63, 3.8) is 0 Å². The molecular weight excluding hydrogens is 416 g/mol. The molecule has 0 bridgehead atoms. The number of anilines is 1. The van der Waals surface area contributed by atoms with E-state index in [9.17, 15) is 0 Å². The van der Waals surface area contributed by atoms with Crippen molar-refractivity contribution in [2.45, 2.75) is 32.2 Å². The van der Waals surface area contributed by atoms with Crippen LogP contribution in [0.25, 0.3) is 0 Å². The summed E-state index contributed by atoms with van der Waals surface area (Å²) in [4.78, 5) is 21.9. The van der Waals surface area contributed by atoms with Crippen LogP contribution in [0, 0.1) is 0 Å². The summed E-state index contributed by atoms with van der Waals surface area (Å²) in [6.07, 6.45) is -0.00798. The molecule has 0 aliphatic carbocycles. The number of para-hydroxylation sites is 1. The molecule has 0 aromatic heterocycles. The molecule has 2 heterocycles. The largest absolute Gasteiger partial charge is 0.369 e. The minimum absolute atomic E-state index is 0.253. The molecule has 0 radical (unpaired) electrons. The number of guanidine groups is 4. The second kappa shape index (κ2) is 10.0. The van der Waals surface area contributed by atoms with Gasteiger partial charge in [0.15, 0.2) is 11.9 Å². The minimum Gasteiger partial charge on any atom is -0.369 e. The number of nitrogens with zero attached hydrogens (tertiary/aromatic N) is 6. The number of nitrogens with one attached hydrogen (secondary N) is 2. The standard InChI is InChI=1S/C23H30N10/c1-16-27-21(25)33(23(28-16)29-18-11-7-4-8-12-18)14-13-19-30-20(24)32(2)22(31-19)26-15-17-9-5-3-6-10-17/h3-12,16,19H,13-15H2,1-2H3,(H2,24,30)(H2,25,27)(H,26,31)(H,28,29). The minimum atomic E-state index is -0.343. The van der Waals surface area contributed by atoms with E-state index in [0.29, 0.717) is 43.3 Å². The van der Waals surface area contributed by atoms with Crippen molar-refractivity contribution in [2.24, 2.45) is 31.4 Å². The Bertz CT molecular complexity index is 1060. The molecule has 2 unspecified atom stereocenters. The smallest absolute Gasteiger partial charge is 0.207 e. The van der Waals surface area contributed by atoms with E-state index in [1.54, 1.807) is 4.90 Å². The molecule has 0 spiro atoms. The zero-order chi connectivity index (χ0) is 23.2. The van der Waals surface area contributed by atoms with Crippen LogP contribution in [0.4, 0.5) is 5.69 Å². The van der Waals surface area contributed by atoms with Crippen LogP contribution in [-0.4, -0.2) is 59.6 Å². The zero-order valence-electron chi connectivity index (χ0n) is 18.9. The monoisotopic (exact) mass is 446 g/mol. The molecule has 2 aromatic rings. The van der Waals surface area contributed by atoms with E-state index >= 15 is 0 Å². The summed E-state index contributed by atoms with van der Waals surface area (Å²) in [5.41, 5.74) is 14.5. The Labute approximate surface area is 193 Å². The first-order chi connectivity index (χ1) is 16.0. The molecule has 0 amide bonds. The summed E-state index contributed by atoms with van der Waals surface area (Å²) in [6.45, 7) is 3.07. The predicted molar refractivity (Wildman–Crippen MR) is 134 cm³/mol. The maximum absolute atomic E-state index is 6.26. The SMILES string of the molecule is CC1N=C(N)N(CCC2N=C(N)N(C)C(NCc3ccccc3)=N2)C(Nc2ccccc2)=N1. The van der Waals surface area contributed by atoms with E-state index in [-0.39, 0.29) is 12.3 Å². The molecule has 0 fully saturated rings. The van der Waals surface area contributed by atoms with E-state index in [0.717, 1.165) is 11.3 Å². The average molecular weight is 447 g/mol. The van der Waals surface area contributed by atoms with Crippen molar-refractivity contribution in [1.29, 1.82) is 0 Å². The lowest BCUT2D eigenvalue weighted by Crippen LogP contribution is -2.51. The average Bonchev–Trinajstić information content (AvgIpc) is 2.81. The van der Waals surface area contributed by atoms with Crippen LogP contribution in [0.15, 0.2) is 80.6 Å². The van der Waals surface area contributed by atoms with Gasteiger partial charge in [-0.05, 0) is 24.6 Å². The molecule has 2 aliphatic heterocycles. The summed E-state index contributed by atoms with van der Waals surface area (Å²) in [6, 6.07) is 20.0. The first-order valence-corrected chi connectivity index (χ1v) is 10.9. The van der Waals surface area contributed by atoms with Crippen LogP contribution in [0.5, 0.6) is 0 Å². The molecule has 2 aliphatic rings. The van der Waals surface area contributed by atoms with Crippen molar-refractivity contribution in [2.75, 3.05) is 18.9 Å². The van der Waals surface area contributed by atoms with Gasteiger partial charge in [0.25, 0.3) is 0 Å². The third kappa shape index (κ3) is 5.59. The number of rotatable bonds is 6. The highest BCUT2D eigenvalue weighted by Gasteiger charge is 2.25. The third-order valence-corrected chi connectivity index (χ3v) is 5.31. The van der Waals surface area contributed by atoms with Crippen LogP contribution in [-0.2, 0) is 6.54 Å². The van der Waals surface area contributed by atoms with E-state index in [4.69, 9.17) is 16.5 Å². The fraction of sp³-hybridized carbons (Fsp3) is 0.304. The van der Waals surface area contributed by atoms with Crippen LogP contribution in [0.3, 0.4) is 0 Å². The molecule has 10 heteroatoms. The molecule has 172 valence electrons. The van der Waals surface area contributed by atoms with Gasteiger partial charge in [0.1, 0.15) is 12.3 Å². The molecule has 6 N–H and O–H groups in total. The fourth-order valence-electron chi connectivity index (χ4n) is 3.54. The Kier molecular flexibility index (Phi) is 6.72. The Balaban J connectivity index is 1.43. The molecule has 2 aromatic carbocycles. The second-order valence-corrected chi connectivity index (χ2v) is 7.82. The lowest BCUT2D eigenvalue weighted by Gasteiger charge is -2.31. The van der Waals surface area contributed by atoms with Crippen LogP contribution in [0.2, 0.25) is 0 Å². The third-order valence-electron chi connectivity index (χ3n) is 5.31. The zero-order valence-corrected chi connectivity index (χ0v) is 18.9. The summed E-state index contributed by atoms with van der Waals surface area (Å²) in [5.74, 6) is 2.15. The Morgan fingerprint density at radius 1 is 0.848 bits per heavy atom. The van der Waals surface area contributed by atoms with E-state index in [2.05, 4.69) is 37.7 Å². The molecule has 10 nitrogen and oxygen atoms in total. The van der Waals surface area contributed by atoms with Gasteiger partial charge in [-0.2, -0.15) is 0 Å². The number of nitrogens with two attached hydrogens (primary N) is 2. The van der Waals surface area contributed by atoms with Crippen molar-refractivity contribution >= 4 is 29.5 Å². The first kappa shape index (κ1) is 22.1. The number of aliphatic imine (C=N–C) groups is 4. The summed E-state index contributed by atoms with van der Waals surface area (Å²) in [7, 11) is 1.84. The van der Waals surface area contributed by atoms with Crippen molar-refractivity contribution in [3.05, 3.63) is 66.2 Å². The second-order valence-electron chi connectivity index (χ2n) is 7.82. The predicted octanol–water partition coefficient (Wildman–Crippen LogP) is 1.55. The van der Waals surface area contributed by atoms with Gasteiger partial charge >= 0.3 is 0 Å². The molecule has 2 atom stereocenters. The van der Waals surface area contributed by atoms with Crippen LogP contribution < -0.4 is 22.1 Å². The summed E-state index contributed by atoms with van der Waals surface area (Å²) < 4.78 is 0. The molecule has 33 heavy (non-hydrogen) atoms. The lowest BCUT2D eigenvalue weighted by atomic mass is 10.2. The van der Waals surface area contributed by atoms with Gasteiger partial charge in [0.05, 0.1) is 0 Å². The van der Waals surface area contributed by atoms with E-state index in [1.165, 1.54) is 0 Å². The van der Waals surface area contributed by atoms with Gasteiger partial charge in [-0.3, -0.25) is 9.80 Å². The van der Waals surface area contributed by atoms with Gasteiger partial charge < -0.3 is 22.1 Å². The van der Waals surface area contributed by atoms with Crippen molar-refractivity contribution in [3.8, 4) is 0 Å². The summed E-state index contributed by atoms with van der Waals surface area (Å²) in [5, 5.41) is 6.70. The molecular formula is C23H30N10. The van der Waals surface area contributed by atoms with Gasteiger partial charge in [0.2, 0.25) is 11.9 Å². The quantitative estimate of drug-likeness (QED) is 0.532. The molecule has 0 saturated heterocycles. The highest BCUT2D eigenvalue weighted by molar-refractivity contribution is 6.06. The maximum Gasteiger partial charge on any atom is 0.207 e.